The van der Waals surface area contributed by atoms with Crippen molar-refractivity contribution in [3.05, 3.63) is 90.8 Å². The van der Waals surface area contributed by atoms with Crippen LogP contribution in [-0.4, -0.2) is 36.2 Å². The van der Waals surface area contributed by atoms with E-state index in [-0.39, 0.29) is 10.8 Å². The van der Waals surface area contributed by atoms with Gasteiger partial charge in [-0.15, -0.1) is 0 Å². The van der Waals surface area contributed by atoms with Gasteiger partial charge in [0.25, 0.3) is 0 Å². The van der Waals surface area contributed by atoms with Crippen LogP contribution in [-0.2, 0) is 21.4 Å². The van der Waals surface area contributed by atoms with Gasteiger partial charge in [0.15, 0.2) is 0 Å². The van der Waals surface area contributed by atoms with Crippen LogP contribution in [0, 0.1) is 0 Å². The minimum absolute atomic E-state index is 0.211. The SMILES string of the molecule is O=C([C@@H]1CCCN1S(=O)(=O)c1ccccc1)N(Cc1ccccc1)c1ccncc1. The van der Waals surface area contributed by atoms with Gasteiger partial charge in [-0.2, -0.15) is 4.31 Å². The molecule has 1 aromatic heterocycles. The van der Waals surface area contributed by atoms with E-state index >= 15 is 0 Å². The molecule has 30 heavy (non-hydrogen) atoms. The van der Waals surface area contributed by atoms with Crippen molar-refractivity contribution in [1.29, 1.82) is 0 Å². The second kappa shape index (κ2) is 8.77. The van der Waals surface area contributed by atoms with Gasteiger partial charge in [0.1, 0.15) is 6.04 Å². The van der Waals surface area contributed by atoms with E-state index in [1.807, 2.05) is 30.3 Å². The summed E-state index contributed by atoms with van der Waals surface area (Å²) in [5, 5.41) is 0. The number of rotatable bonds is 6. The maximum absolute atomic E-state index is 13.6. The lowest BCUT2D eigenvalue weighted by atomic mass is 10.1. The van der Waals surface area contributed by atoms with Gasteiger partial charge in [0.2, 0.25) is 15.9 Å². The van der Waals surface area contributed by atoms with Crippen LogP contribution < -0.4 is 4.90 Å². The van der Waals surface area contributed by atoms with Gasteiger partial charge in [0.05, 0.1) is 11.4 Å². The molecular formula is C23H23N3O3S. The number of sulfonamides is 1. The molecule has 1 fully saturated rings. The fourth-order valence-electron chi connectivity index (χ4n) is 3.77. The zero-order valence-corrected chi connectivity index (χ0v) is 17.3. The lowest BCUT2D eigenvalue weighted by Gasteiger charge is -2.30. The first-order chi connectivity index (χ1) is 14.6. The van der Waals surface area contributed by atoms with Crippen LogP contribution in [0.15, 0.2) is 90.1 Å². The molecule has 2 aromatic carbocycles. The number of benzene rings is 2. The first-order valence-corrected chi connectivity index (χ1v) is 11.3. The van der Waals surface area contributed by atoms with Crippen LogP contribution in [0.2, 0.25) is 0 Å². The highest BCUT2D eigenvalue weighted by atomic mass is 32.2. The number of hydrogen-bond acceptors (Lipinski definition) is 4. The van der Waals surface area contributed by atoms with E-state index < -0.39 is 16.1 Å². The summed E-state index contributed by atoms with van der Waals surface area (Å²) in [6.45, 7) is 0.697. The number of amides is 1. The molecule has 2 heterocycles. The number of hydrogen-bond donors (Lipinski definition) is 0. The van der Waals surface area contributed by atoms with E-state index in [2.05, 4.69) is 4.98 Å². The number of anilines is 1. The predicted octanol–water partition coefficient (Wildman–Crippen LogP) is 3.47. The van der Waals surface area contributed by atoms with Crippen LogP contribution in [0.3, 0.4) is 0 Å². The van der Waals surface area contributed by atoms with Gasteiger partial charge < -0.3 is 4.90 Å². The molecule has 1 amide bonds. The third-order valence-corrected chi connectivity index (χ3v) is 7.18. The molecule has 7 heteroatoms. The Morgan fingerprint density at radius 1 is 0.967 bits per heavy atom. The maximum atomic E-state index is 13.6. The first kappa shape index (κ1) is 20.3. The fraction of sp³-hybridized carbons (Fsp3) is 0.217. The lowest BCUT2D eigenvalue weighted by molar-refractivity contribution is -0.121. The summed E-state index contributed by atoms with van der Waals surface area (Å²) in [6, 6.07) is 20.8. The van der Waals surface area contributed by atoms with E-state index in [1.54, 1.807) is 59.8 Å². The van der Waals surface area contributed by atoms with Gasteiger partial charge in [-0.05, 0) is 42.7 Å². The third-order valence-electron chi connectivity index (χ3n) is 5.26. The van der Waals surface area contributed by atoms with Gasteiger partial charge in [0, 0.05) is 24.6 Å². The summed E-state index contributed by atoms with van der Waals surface area (Å²) in [7, 11) is -3.75. The average Bonchev–Trinajstić information content (AvgIpc) is 3.30. The highest BCUT2D eigenvalue weighted by Gasteiger charge is 2.41. The van der Waals surface area contributed by atoms with Crippen molar-refractivity contribution in [2.24, 2.45) is 0 Å². The number of nitrogens with zero attached hydrogens (tertiary/aromatic N) is 3. The number of carbonyl (C=O) groups excluding carboxylic acids is 1. The molecule has 1 saturated heterocycles. The van der Waals surface area contributed by atoms with Crippen molar-refractivity contribution in [1.82, 2.24) is 9.29 Å². The lowest BCUT2D eigenvalue weighted by Crippen LogP contribution is -2.47. The third kappa shape index (κ3) is 4.13. The standard InChI is InChI=1S/C23H23N3O3S/c27-23(22-12-7-17-26(22)30(28,29)21-10-5-2-6-11-21)25(20-13-15-24-16-14-20)18-19-8-3-1-4-9-19/h1-6,8-11,13-16,22H,7,12,17-18H2/t22-/m0/s1. The van der Waals surface area contributed by atoms with Crippen molar-refractivity contribution in [3.8, 4) is 0 Å². The minimum atomic E-state index is -3.75. The highest BCUT2D eigenvalue weighted by Crippen LogP contribution is 2.29. The second-order valence-electron chi connectivity index (χ2n) is 7.20. The van der Waals surface area contributed by atoms with E-state index in [0.29, 0.717) is 31.6 Å². The summed E-state index contributed by atoms with van der Waals surface area (Å²) >= 11 is 0. The summed E-state index contributed by atoms with van der Waals surface area (Å²) < 4.78 is 27.8. The molecule has 0 aliphatic carbocycles. The number of pyridine rings is 1. The van der Waals surface area contributed by atoms with Crippen molar-refractivity contribution in [2.45, 2.75) is 30.3 Å². The Kier molecular flexibility index (Phi) is 5.92. The Morgan fingerprint density at radius 2 is 1.60 bits per heavy atom. The topological polar surface area (TPSA) is 70.6 Å². The normalized spacial score (nSPS) is 17.0. The quantitative estimate of drug-likeness (QED) is 0.611. The smallest absolute Gasteiger partial charge is 0.245 e. The van der Waals surface area contributed by atoms with Gasteiger partial charge in [-0.1, -0.05) is 48.5 Å². The van der Waals surface area contributed by atoms with Crippen LogP contribution in [0.25, 0.3) is 0 Å². The molecule has 6 nitrogen and oxygen atoms in total. The number of carbonyl (C=O) groups is 1. The molecule has 0 radical (unpaired) electrons. The molecule has 154 valence electrons. The summed E-state index contributed by atoms with van der Waals surface area (Å²) in [5.41, 5.74) is 1.67. The molecule has 0 N–H and O–H groups in total. The van der Waals surface area contributed by atoms with Gasteiger partial charge in [-0.3, -0.25) is 9.78 Å². The van der Waals surface area contributed by atoms with Crippen molar-refractivity contribution in [3.63, 3.8) is 0 Å². The molecule has 0 bridgehead atoms. The van der Waals surface area contributed by atoms with E-state index in [9.17, 15) is 13.2 Å². The Bertz CT molecular complexity index is 1090. The Hall–Kier alpha value is -3.03. The molecule has 1 aliphatic rings. The first-order valence-electron chi connectivity index (χ1n) is 9.89. The Labute approximate surface area is 176 Å². The van der Waals surface area contributed by atoms with E-state index in [0.717, 1.165) is 5.56 Å². The Morgan fingerprint density at radius 3 is 2.27 bits per heavy atom. The molecule has 3 aromatic rings. The summed E-state index contributed by atoms with van der Waals surface area (Å²) in [6.07, 6.45) is 4.42. The van der Waals surface area contributed by atoms with Gasteiger partial charge in [-0.25, -0.2) is 8.42 Å². The minimum Gasteiger partial charge on any atom is -0.307 e. The van der Waals surface area contributed by atoms with Gasteiger partial charge >= 0.3 is 0 Å². The summed E-state index contributed by atoms with van der Waals surface area (Å²) in [4.78, 5) is 19.5. The Balaban J connectivity index is 1.66. The van der Waals surface area contributed by atoms with Crippen LogP contribution >= 0.6 is 0 Å². The molecule has 0 saturated carbocycles. The zero-order chi connectivity index (χ0) is 21.0. The molecule has 1 atom stereocenters. The van der Waals surface area contributed by atoms with Crippen molar-refractivity contribution in [2.75, 3.05) is 11.4 Å². The zero-order valence-electron chi connectivity index (χ0n) is 16.5. The predicted molar refractivity (Wildman–Crippen MR) is 115 cm³/mol. The van der Waals surface area contributed by atoms with Crippen molar-refractivity contribution < 1.29 is 13.2 Å². The molecule has 1 aliphatic heterocycles. The van der Waals surface area contributed by atoms with Crippen molar-refractivity contribution >= 4 is 21.6 Å². The number of aromatic nitrogens is 1. The fourth-order valence-corrected chi connectivity index (χ4v) is 5.44. The largest absolute Gasteiger partial charge is 0.307 e. The molecule has 4 rings (SSSR count). The average molecular weight is 422 g/mol. The van der Waals surface area contributed by atoms with E-state index in [1.165, 1.54) is 4.31 Å². The monoisotopic (exact) mass is 421 g/mol. The molecule has 0 unspecified atom stereocenters. The van der Waals surface area contributed by atoms with E-state index in [4.69, 9.17) is 0 Å². The maximum Gasteiger partial charge on any atom is 0.245 e. The summed E-state index contributed by atoms with van der Waals surface area (Å²) in [5.74, 6) is -0.220. The van der Waals surface area contributed by atoms with Crippen LogP contribution in [0.4, 0.5) is 5.69 Å². The second-order valence-corrected chi connectivity index (χ2v) is 9.09. The molecule has 0 spiro atoms. The highest BCUT2D eigenvalue weighted by molar-refractivity contribution is 7.89. The van der Waals surface area contributed by atoms with Crippen LogP contribution in [0.5, 0.6) is 0 Å². The van der Waals surface area contributed by atoms with Crippen LogP contribution in [0.1, 0.15) is 18.4 Å². The molecular weight excluding hydrogens is 398 g/mol.